The summed E-state index contributed by atoms with van der Waals surface area (Å²) >= 11 is 0. The van der Waals surface area contributed by atoms with Crippen molar-refractivity contribution in [1.29, 1.82) is 0 Å². The second kappa shape index (κ2) is 8.67. The maximum absolute atomic E-state index is 6.67. The molecule has 0 fully saturated rings. The minimum atomic E-state index is -0.391. The molecule has 3 heterocycles. The van der Waals surface area contributed by atoms with E-state index < -0.39 is 5.60 Å². The zero-order valence-corrected chi connectivity index (χ0v) is 19.7. The Labute approximate surface area is 194 Å². The van der Waals surface area contributed by atoms with Gasteiger partial charge in [-0.15, -0.1) is 0 Å². The maximum Gasteiger partial charge on any atom is 0.205 e. The number of allylic oxidation sites excluding steroid dienone is 1. The second-order valence-corrected chi connectivity index (χ2v) is 8.52. The summed E-state index contributed by atoms with van der Waals surface area (Å²) < 4.78 is 13.3. The molecular formula is C24H31N7O2. The summed E-state index contributed by atoms with van der Waals surface area (Å²) in [7, 11) is 3.33. The zero-order valence-electron chi connectivity index (χ0n) is 19.7. The quantitative estimate of drug-likeness (QED) is 0.669. The minimum absolute atomic E-state index is 0.308. The van der Waals surface area contributed by atoms with Crippen molar-refractivity contribution in [2.45, 2.75) is 32.9 Å². The summed E-state index contributed by atoms with van der Waals surface area (Å²) in [4.78, 5) is 8.19. The number of anilines is 1. The van der Waals surface area contributed by atoms with Crippen LogP contribution in [0, 0.1) is 0 Å². The Morgan fingerprint density at radius 3 is 2.58 bits per heavy atom. The minimum Gasteiger partial charge on any atom is -0.495 e. The molecule has 33 heavy (non-hydrogen) atoms. The van der Waals surface area contributed by atoms with E-state index in [4.69, 9.17) is 20.9 Å². The van der Waals surface area contributed by atoms with Crippen molar-refractivity contribution >= 4 is 11.6 Å². The SMILES string of the molecule is CCn1cc(-c2ccc(N3C(N)=NC=C4C=CN(CC(C)(C)OC)C(N)=C43)c(OC)c2)cn1. The van der Waals surface area contributed by atoms with Crippen LogP contribution in [-0.2, 0) is 11.3 Å². The number of rotatable bonds is 7. The van der Waals surface area contributed by atoms with Crippen LogP contribution in [0.5, 0.6) is 5.75 Å². The van der Waals surface area contributed by atoms with Gasteiger partial charge in [0.1, 0.15) is 11.6 Å². The predicted molar refractivity (Wildman–Crippen MR) is 130 cm³/mol. The summed E-state index contributed by atoms with van der Waals surface area (Å²) in [6, 6.07) is 5.95. The van der Waals surface area contributed by atoms with Crippen LogP contribution in [0.2, 0.25) is 0 Å². The fourth-order valence-corrected chi connectivity index (χ4v) is 3.85. The monoisotopic (exact) mass is 449 g/mol. The highest BCUT2D eigenvalue weighted by atomic mass is 16.5. The highest BCUT2D eigenvalue weighted by Crippen LogP contribution is 2.39. The van der Waals surface area contributed by atoms with Crippen LogP contribution in [-0.4, -0.2) is 47.0 Å². The Hall–Kier alpha value is -3.72. The van der Waals surface area contributed by atoms with Crippen molar-refractivity contribution in [3.63, 3.8) is 0 Å². The van der Waals surface area contributed by atoms with E-state index in [9.17, 15) is 0 Å². The van der Waals surface area contributed by atoms with Crippen molar-refractivity contribution in [1.82, 2.24) is 14.7 Å². The number of fused-ring (bicyclic) bond motifs is 1. The number of methoxy groups -OCH3 is 2. The summed E-state index contributed by atoms with van der Waals surface area (Å²) in [6.07, 6.45) is 9.49. The van der Waals surface area contributed by atoms with Crippen LogP contribution < -0.4 is 21.1 Å². The van der Waals surface area contributed by atoms with Crippen LogP contribution >= 0.6 is 0 Å². The van der Waals surface area contributed by atoms with Gasteiger partial charge in [0.05, 0.1) is 36.8 Å². The second-order valence-electron chi connectivity index (χ2n) is 8.52. The van der Waals surface area contributed by atoms with Crippen LogP contribution in [0.25, 0.3) is 11.1 Å². The highest BCUT2D eigenvalue weighted by molar-refractivity contribution is 6.02. The number of ether oxygens (including phenoxy) is 2. The molecule has 4 rings (SSSR count). The van der Waals surface area contributed by atoms with Gasteiger partial charge in [0, 0.05) is 43.4 Å². The third-order valence-electron chi connectivity index (χ3n) is 5.86. The molecule has 9 nitrogen and oxygen atoms in total. The number of aryl methyl sites for hydroxylation is 1. The van der Waals surface area contributed by atoms with E-state index >= 15 is 0 Å². The van der Waals surface area contributed by atoms with Gasteiger partial charge in [-0.3, -0.25) is 9.58 Å². The number of hydrogen-bond acceptors (Lipinski definition) is 8. The average Bonchev–Trinajstić information content (AvgIpc) is 3.30. The van der Waals surface area contributed by atoms with Gasteiger partial charge in [-0.2, -0.15) is 5.10 Å². The molecule has 0 aliphatic carbocycles. The Balaban J connectivity index is 1.77. The number of hydrogen-bond donors (Lipinski definition) is 2. The molecule has 1 aromatic heterocycles. The molecular weight excluding hydrogens is 418 g/mol. The number of guanidine groups is 1. The van der Waals surface area contributed by atoms with Crippen molar-refractivity contribution < 1.29 is 9.47 Å². The molecule has 2 aromatic rings. The lowest BCUT2D eigenvalue weighted by Gasteiger charge is -2.38. The van der Waals surface area contributed by atoms with Crippen molar-refractivity contribution in [3.8, 4) is 16.9 Å². The molecule has 2 aliphatic heterocycles. The van der Waals surface area contributed by atoms with Crippen LogP contribution in [0.3, 0.4) is 0 Å². The molecule has 0 saturated carbocycles. The number of nitrogens with two attached hydrogens (primary N) is 2. The molecule has 0 amide bonds. The van der Waals surface area contributed by atoms with Gasteiger partial charge < -0.3 is 25.8 Å². The number of nitrogens with zero attached hydrogens (tertiary/aromatic N) is 5. The molecule has 0 bridgehead atoms. The molecule has 0 spiro atoms. The van der Waals surface area contributed by atoms with Crippen molar-refractivity contribution in [2.24, 2.45) is 16.5 Å². The van der Waals surface area contributed by atoms with Gasteiger partial charge in [0.25, 0.3) is 0 Å². The van der Waals surface area contributed by atoms with Crippen molar-refractivity contribution in [2.75, 3.05) is 25.7 Å². The smallest absolute Gasteiger partial charge is 0.205 e. The van der Waals surface area contributed by atoms with Crippen LogP contribution in [0.1, 0.15) is 20.8 Å². The predicted octanol–water partition coefficient (Wildman–Crippen LogP) is 2.98. The molecule has 0 radical (unpaired) electrons. The summed E-state index contributed by atoms with van der Waals surface area (Å²) in [6.45, 7) is 7.47. The summed E-state index contributed by atoms with van der Waals surface area (Å²) in [5.74, 6) is 1.51. The molecule has 0 saturated heterocycles. The number of aliphatic imine (C=N–C) groups is 1. The standard InChI is InChI=1S/C24H31N7O2/c1-6-30-14-18(13-28-30)16-7-8-19(20(11-16)32-4)31-21-17(12-27-23(31)26)9-10-29(22(21)25)15-24(2,3)33-5/h7-14H,6,15,25H2,1-5H3,(H2,26,27). The normalized spacial score (nSPS) is 16.0. The zero-order chi connectivity index (χ0) is 23.8. The maximum atomic E-state index is 6.67. The van der Waals surface area contributed by atoms with E-state index in [2.05, 4.69) is 17.0 Å². The third-order valence-corrected chi connectivity index (χ3v) is 5.86. The Kier molecular flexibility index (Phi) is 5.90. The van der Waals surface area contributed by atoms with E-state index in [-0.39, 0.29) is 0 Å². The number of benzene rings is 1. The summed E-state index contributed by atoms with van der Waals surface area (Å²) in [5, 5.41) is 4.37. The van der Waals surface area contributed by atoms with E-state index in [1.165, 1.54) is 0 Å². The van der Waals surface area contributed by atoms with Gasteiger partial charge >= 0.3 is 0 Å². The van der Waals surface area contributed by atoms with Gasteiger partial charge in [-0.1, -0.05) is 6.07 Å². The van der Waals surface area contributed by atoms with E-state index in [0.29, 0.717) is 24.1 Å². The van der Waals surface area contributed by atoms with Crippen LogP contribution in [0.4, 0.5) is 5.69 Å². The lowest BCUT2D eigenvalue weighted by molar-refractivity contribution is 0.00703. The lowest BCUT2D eigenvalue weighted by Crippen LogP contribution is -2.46. The number of aromatic nitrogens is 2. The van der Waals surface area contributed by atoms with Gasteiger partial charge in [-0.25, -0.2) is 4.99 Å². The topological polar surface area (TPSA) is 107 Å². The van der Waals surface area contributed by atoms with E-state index in [1.54, 1.807) is 20.4 Å². The first-order valence-electron chi connectivity index (χ1n) is 10.8. The molecule has 2 aliphatic rings. The van der Waals surface area contributed by atoms with E-state index in [1.807, 2.05) is 71.2 Å². The Morgan fingerprint density at radius 1 is 1.12 bits per heavy atom. The molecule has 174 valence electrons. The van der Waals surface area contributed by atoms with Crippen LogP contribution in [0.15, 0.2) is 71.2 Å². The first-order valence-corrected chi connectivity index (χ1v) is 10.8. The fourth-order valence-electron chi connectivity index (χ4n) is 3.85. The fraction of sp³-hybridized carbons (Fsp3) is 0.333. The molecule has 4 N–H and O–H groups in total. The third kappa shape index (κ3) is 4.19. The van der Waals surface area contributed by atoms with E-state index in [0.717, 1.165) is 34.6 Å². The average molecular weight is 450 g/mol. The Morgan fingerprint density at radius 2 is 1.91 bits per heavy atom. The lowest BCUT2D eigenvalue weighted by atomic mass is 10.0. The highest BCUT2D eigenvalue weighted by Gasteiger charge is 2.32. The first kappa shape index (κ1) is 22.5. The first-order chi connectivity index (χ1) is 15.8. The molecule has 0 atom stereocenters. The van der Waals surface area contributed by atoms with Gasteiger partial charge in [0.15, 0.2) is 0 Å². The Bertz CT molecular complexity index is 1170. The van der Waals surface area contributed by atoms with Gasteiger partial charge in [0.2, 0.25) is 5.96 Å². The molecule has 9 heteroatoms. The molecule has 1 aromatic carbocycles. The van der Waals surface area contributed by atoms with Crippen molar-refractivity contribution in [3.05, 3.63) is 66.2 Å². The van der Waals surface area contributed by atoms with Gasteiger partial charge in [-0.05, 0) is 44.5 Å². The summed E-state index contributed by atoms with van der Waals surface area (Å²) in [5.41, 5.74) is 17.0. The molecule has 0 unspecified atom stereocenters. The largest absolute Gasteiger partial charge is 0.495 e.